The molecule has 0 unspecified atom stereocenters. The Morgan fingerprint density at radius 2 is 0.972 bits per heavy atom. The van der Waals surface area contributed by atoms with E-state index >= 15 is 0 Å². The Balaban J connectivity index is 1.76. The summed E-state index contributed by atoms with van der Waals surface area (Å²) in [5.74, 6) is 0.162. The fourth-order valence-corrected chi connectivity index (χ4v) is 8.53. The molecule has 0 aliphatic heterocycles. The fraction of sp³-hybridized carbons (Fsp3) is 0.438. The molecule has 2 saturated carbocycles. The van der Waals surface area contributed by atoms with Gasteiger partial charge in [-0.2, -0.15) is 0 Å². The van der Waals surface area contributed by atoms with Crippen molar-refractivity contribution in [3.8, 4) is 0 Å². The molecule has 3 aliphatic carbocycles. The summed E-state index contributed by atoms with van der Waals surface area (Å²) in [4.78, 5) is 27.0. The molecule has 4 nitrogen and oxygen atoms in total. The molecular weight excluding hydrogens is 444 g/mol. The minimum atomic E-state index is -0.332. The topological polar surface area (TPSA) is 44.0 Å². The Kier molecular flexibility index (Phi) is 4.71. The second-order valence-electron chi connectivity index (χ2n) is 11.5. The molecular formula is C32H34N2O2. The molecule has 0 bridgehead atoms. The third-order valence-corrected chi connectivity index (χ3v) is 9.66. The van der Waals surface area contributed by atoms with Gasteiger partial charge in [-0.05, 0) is 48.9 Å². The van der Waals surface area contributed by atoms with Crippen LogP contribution in [0, 0.1) is 0 Å². The molecule has 0 saturated heterocycles. The number of aromatic nitrogens is 2. The maximum absolute atomic E-state index is 13.5. The standard InChI is InChI=1S/C32H34N2O2/c1-21(35)33-25-15-7-5-13-23(25)27-29(33)32(19-11-4-12-20-32)30-28(31(27)17-9-3-10-18-31)24-14-6-8-16-26(24)34(30)22(2)36/h5-8,13-16H,3-4,9-12,17-20H2,1-2H3. The molecule has 4 aromatic rings. The Morgan fingerprint density at radius 3 is 1.39 bits per heavy atom. The number of fused-ring (bicyclic) bond motifs is 10. The van der Waals surface area contributed by atoms with Gasteiger partial charge in [0.05, 0.1) is 16.4 Å². The van der Waals surface area contributed by atoms with Crippen LogP contribution in [0.1, 0.15) is 110 Å². The summed E-state index contributed by atoms with van der Waals surface area (Å²) < 4.78 is 4.11. The van der Waals surface area contributed by atoms with Crippen molar-refractivity contribution < 1.29 is 9.59 Å². The van der Waals surface area contributed by atoms with Gasteiger partial charge in [0.2, 0.25) is 11.8 Å². The Hall–Kier alpha value is -3.14. The van der Waals surface area contributed by atoms with E-state index in [1.807, 2.05) is 0 Å². The fourth-order valence-electron chi connectivity index (χ4n) is 8.53. The van der Waals surface area contributed by atoms with Crippen molar-refractivity contribution in [2.75, 3.05) is 0 Å². The van der Waals surface area contributed by atoms with Gasteiger partial charge in [0.25, 0.3) is 0 Å². The van der Waals surface area contributed by atoms with E-state index in [4.69, 9.17) is 0 Å². The van der Waals surface area contributed by atoms with Crippen LogP contribution >= 0.6 is 0 Å². The number of carbonyl (C=O) groups excluding carboxylic acids is 2. The Morgan fingerprint density at radius 1 is 0.583 bits per heavy atom. The maximum atomic E-state index is 13.5. The first-order valence-corrected chi connectivity index (χ1v) is 13.8. The maximum Gasteiger partial charge on any atom is 0.228 e. The lowest BCUT2D eigenvalue weighted by atomic mass is 9.53. The molecule has 3 aliphatic rings. The summed E-state index contributed by atoms with van der Waals surface area (Å²) >= 11 is 0. The molecule has 2 spiro atoms. The van der Waals surface area contributed by atoms with Crippen LogP contribution in [0.4, 0.5) is 0 Å². The van der Waals surface area contributed by atoms with E-state index in [1.54, 1.807) is 13.8 Å². The number of nitrogens with zero attached hydrogens (tertiary/aromatic N) is 2. The molecule has 2 heterocycles. The van der Waals surface area contributed by atoms with Crippen molar-refractivity contribution in [2.45, 2.75) is 88.9 Å². The largest absolute Gasteiger partial charge is 0.283 e. The van der Waals surface area contributed by atoms with E-state index in [0.717, 1.165) is 49.6 Å². The number of hydrogen-bond donors (Lipinski definition) is 0. The molecule has 0 amide bonds. The van der Waals surface area contributed by atoms with Crippen LogP contribution in [0.15, 0.2) is 48.5 Å². The molecule has 0 N–H and O–H groups in total. The van der Waals surface area contributed by atoms with Gasteiger partial charge in [0, 0.05) is 41.4 Å². The first kappa shape index (κ1) is 22.1. The van der Waals surface area contributed by atoms with Gasteiger partial charge in [0.1, 0.15) is 0 Å². The number of benzene rings is 2. The van der Waals surface area contributed by atoms with Crippen LogP contribution in [0.25, 0.3) is 21.8 Å². The number of carbonyl (C=O) groups is 2. The minimum absolute atomic E-state index is 0.0808. The molecule has 0 atom stereocenters. The molecule has 2 aromatic heterocycles. The van der Waals surface area contributed by atoms with Crippen molar-refractivity contribution in [3.63, 3.8) is 0 Å². The molecule has 2 aromatic carbocycles. The highest BCUT2D eigenvalue weighted by atomic mass is 16.2. The Bertz CT molecular complexity index is 1450. The number of hydrogen-bond acceptors (Lipinski definition) is 2. The highest BCUT2D eigenvalue weighted by molar-refractivity contribution is 6.02. The first-order valence-electron chi connectivity index (χ1n) is 13.8. The smallest absolute Gasteiger partial charge is 0.228 e. The van der Waals surface area contributed by atoms with Gasteiger partial charge in [-0.1, -0.05) is 74.9 Å². The van der Waals surface area contributed by atoms with Crippen LogP contribution in [-0.2, 0) is 10.8 Å². The summed E-state index contributed by atoms with van der Waals surface area (Å²) in [6.07, 6.45) is 11.1. The summed E-state index contributed by atoms with van der Waals surface area (Å²) in [5, 5.41) is 2.47. The van der Waals surface area contributed by atoms with E-state index < -0.39 is 0 Å². The van der Waals surface area contributed by atoms with Gasteiger partial charge in [-0.15, -0.1) is 0 Å². The first-order chi connectivity index (χ1) is 17.5. The molecule has 4 heteroatoms. The third-order valence-electron chi connectivity index (χ3n) is 9.66. The number of para-hydroxylation sites is 2. The van der Waals surface area contributed by atoms with Gasteiger partial charge < -0.3 is 0 Å². The normalized spacial score (nSPS) is 20.1. The minimum Gasteiger partial charge on any atom is -0.283 e. The van der Waals surface area contributed by atoms with Gasteiger partial charge in [-0.25, -0.2) is 0 Å². The summed E-state index contributed by atoms with van der Waals surface area (Å²) in [6, 6.07) is 17.1. The quantitative estimate of drug-likeness (QED) is 0.259. The van der Waals surface area contributed by atoms with Crippen molar-refractivity contribution in [1.29, 1.82) is 0 Å². The predicted octanol–water partition coefficient (Wildman–Crippen LogP) is 7.73. The van der Waals surface area contributed by atoms with E-state index in [0.29, 0.717) is 0 Å². The van der Waals surface area contributed by atoms with Crippen LogP contribution in [0.3, 0.4) is 0 Å². The lowest BCUT2D eigenvalue weighted by molar-refractivity contribution is 0.0927. The molecule has 36 heavy (non-hydrogen) atoms. The van der Waals surface area contributed by atoms with Gasteiger partial charge >= 0.3 is 0 Å². The zero-order valence-electron chi connectivity index (χ0n) is 21.4. The Labute approximate surface area is 212 Å². The second-order valence-corrected chi connectivity index (χ2v) is 11.5. The van der Waals surface area contributed by atoms with E-state index in [2.05, 4.69) is 57.7 Å². The average molecular weight is 479 g/mol. The van der Waals surface area contributed by atoms with Crippen molar-refractivity contribution in [2.24, 2.45) is 0 Å². The molecule has 184 valence electrons. The van der Waals surface area contributed by atoms with Crippen molar-refractivity contribution in [3.05, 3.63) is 71.0 Å². The van der Waals surface area contributed by atoms with Crippen LogP contribution in [0.2, 0.25) is 0 Å². The third kappa shape index (κ3) is 2.60. The van der Waals surface area contributed by atoms with E-state index in [1.165, 1.54) is 59.0 Å². The highest BCUT2D eigenvalue weighted by Gasteiger charge is 2.57. The van der Waals surface area contributed by atoms with Crippen LogP contribution < -0.4 is 0 Å². The van der Waals surface area contributed by atoms with Crippen LogP contribution in [0.5, 0.6) is 0 Å². The average Bonchev–Trinajstić information content (AvgIpc) is 3.45. The van der Waals surface area contributed by atoms with Crippen LogP contribution in [-0.4, -0.2) is 20.9 Å². The zero-order valence-corrected chi connectivity index (χ0v) is 21.4. The second kappa shape index (κ2) is 7.68. The highest BCUT2D eigenvalue weighted by Crippen LogP contribution is 2.63. The van der Waals surface area contributed by atoms with Gasteiger partial charge in [-0.3, -0.25) is 18.7 Å². The zero-order chi connectivity index (χ0) is 24.7. The summed E-state index contributed by atoms with van der Waals surface area (Å²) in [7, 11) is 0. The summed E-state index contributed by atoms with van der Waals surface area (Å²) in [5.41, 5.74) is 6.77. The number of rotatable bonds is 0. The molecule has 2 fully saturated rings. The SMILES string of the molecule is CC(=O)n1c2c(c3ccccc31)C1(CCCCC1)c1c(n(C(C)=O)c3ccccc13)C21CCCCC1. The molecule has 7 rings (SSSR count). The van der Waals surface area contributed by atoms with Crippen molar-refractivity contribution >= 4 is 33.6 Å². The van der Waals surface area contributed by atoms with Gasteiger partial charge in [0.15, 0.2) is 0 Å². The van der Waals surface area contributed by atoms with E-state index in [9.17, 15) is 9.59 Å². The van der Waals surface area contributed by atoms with E-state index in [-0.39, 0.29) is 22.6 Å². The van der Waals surface area contributed by atoms with Crippen molar-refractivity contribution in [1.82, 2.24) is 9.13 Å². The molecule has 0 radical (unpaired) electrons. The lowest BCUT2D eigenvalue weighted by Crippen LogP contribution is -2.47. The lowest BCUT2D eigenvalue weighted by Gasteiger charge is -2.50. The predicted molar refractivity (Wildman–Crippen MR) is 144 cm³/mol. The summed E-state index contributed by atoms with van der Waals surface area (Å²) in [6.45, 7) is 3.43. The monoisotopic (exact) mass is 478 g/mol.